The number of hydrogen-bond acceptors (Lipinski definition) is 1. The van der Waals surface area contributed by atoms with Gasteiger partial charge >= 0.3 is 0 Å². The van der Waals surface area contributed by atoms with Crippen molar-refractivity contribution in [1.82, 2.24) is 5.32 Å². The fraction of sp³-hybridized carbons (Fsp3) is 0.571. The molecule has 0 radical (unpaired) electrons. The Balaban J connectivity index is 1.71. The van der Waals surface area contributed by atoms with Gasteiger partial charge in [-0.1, -0.05) is 36.9 Å². The number of aryl methyl sites for hydroxylation is 1. The number of nitrogens with one attached hydrogen (secondary N) is 1. The molecule has 1 aliphatic rings. The van der Waals surface area contributed by atoms with Gasteiger partial charge in [0.1, 0.15) is 0 Å². The Morgan fingerprint density at radius 2 is 2.19 bits per heavy atom. The van der Waals surface area contributed by atoms with E-state index in [0.29, 0.717) is 0 Å². The van der Waals surface area contributed by atoms with Crippen LogP contribution in [0, 0.1) is 12.8 Å². The second kappa shape index (κ2) is 5.70. The summed E-state index contributed by atoms with van der Waals surface area (Å²) >= 11 is 5.93. The van der Waals surface area contributed by atoms with Crippen LogP contribution in [0.4, 0.5) is 0 Å². The maximum absolute atomic E-state index is 5.93. The van der Waals surface area contributed by atoms with Crippen LogP contribution in [-0.4, -0.2) is 6.54 Å². The van der Waals surface area contributed by atoms with Crippen molar-refractivity contribution in [3.05, 3.63) is 34.3 Å². The molecule has 1 fully saturated rings. The zero-order valence-corrected chi connectivity index (χ0v) is 10.7. The molecule has 1 nitrogen and oxygen atoms in total. The van der Waals surface area contributed by atoms with Crippen molar-refractivity contribution in [2.24, 2.45) is 5.92 Å². The molecule has 88 valence electrons. The zero-order valence-electron chi connectivity index (χ0n) is 9.93. The number of halogens is 1. The molecule has 0 aromatic heterocycles. The Labute approximate surface area is 103 Å². The molecule has 0 heterocycles. The minimum absolute atomic E-state index is 0.829. The van der Waals surface area contributed by atoms with E-state index in [1.54, 1.807) is 0 Å². The van der Waals surface area contributed by atoms with Gasteiger partial charge in [-0.2, -0.15) is 0 Å². The van der Waals surface area contributed by atoms with Gasteiger partial charge in [-0.3, -0.25) is 0 Å². The lowest BCUT2D eigenvalue weighted by Crippen LogP contribution is -2.21. The molecule has 2 rings (SSSR count). The van der Waals surface area contributed by atoms with Gasteiger partial charge in [0.15, 0.2) is 0 Å². The maximum Gasteiger partial charge on any atom is 0.0408 e. The molecule has 1 aromatic carbocycles. The highest BCUT2D eigenvalue weighted by atomic mass is 35.5. The number of benzene rings is 1. The predicted octanol–water partition coefficient (Wildman–Crippen LogP) is 3.93. The Kier molecular flexibility index (Phi) is 4.25. The third kappa shape index (κ3) is 3.23. The summed E-state index contributed by atoms with van der Waals surface area (Å²) in [6, 6.07) is 6.12. The van der Waals surface area contributed by atoms with Gasteiger partial charge < -0.3 is 5.32 Å². The fourth-order valence-corrected chi connectivity index (χ4v) is 2.40. The van der Waals surface area contributed by atoms with E-state index in [1.165, 1.54) is 36.8 Å². The summed E-state index contributed by atoms with van der Waals surface area (Å²) in [5.74, 6) is 0.999. The third-order valence-electron chi connectivity index (χ3n) is 3.57. The first kappa shape index (κ1) is 11.9. The van der Waals surface area contributed by atoms with E-state index in [-0.39, 0.29) is 0 Å². The molecule has 1 N–H and O–H groups in total. The standard InChI is InChI=1S/C14H20ClN/c1-11-9-14(15)6-5-13(11)10-16-8-7-12-3-2-4-12/h5-6,9,12,16H,2-4,7-8,10H2,1H3. The normalized spacial score (nSPS) is 16.1. The second-order valence-electron chi connectivity index (χ2n) is 4.83. The first-order valence-electron chi connectivity index (χ1n) is 6.21. The molecule has 0 amide bonds. The molecule has 0 aliphatic heterocycles. The van der Waals surface area contributed by atoms with Crippen LogP contribution in [0.25, 0.3) is 0 Å². The highest BCUT2D eigenvalue weighted by molar-refractivity contribution is 6.30. The SMILES string of the molecule is Cc1cc(Cl)ccc1CNCCC1CCC1. The van der Waals surface area contributed by atoms with E-state index in [2.05, 4.69) is 18.3 Å². The van der Waals surface area contributed by atoms with Gasteiger partial charge in [-0.25, -0.2) is 0 Å². The van der Waals surface area contributed by atoms with Crippen LogP contribution in [0.2, 0.25) is 5.02 Å². The summed E-state index contributed by atoms with van der Waals surface area (Å²) in [5, 5.41) is 4.35. The summed E-state index contributed by atoms with van der Waals surface area (Å²) in [5.41, 5.74) is 2.64. The van der Waals surface area contributed by atoms with E-state index < -0.39 is 0 Å². The largest absolute Gasteiger partial charge is 0.313 e. The molecule has 0 atom stereocenters. The van der Waals surface area contributed by atoms with Gasteiger partial charge in [0, 0.05) is 11.6 Å². The van der Waals surface area contributed by atoms with Crippen LogP contribution in [-0.2, 0) is 6.54 Å². The van der Waals surface area contributed by atoms with Crippen molar-refractivity contribution in [3.8, 4) is 0 Å². The van der Waals surface area contributed by atoms with E-state index in [4.69, 9.17) is 11.6 Å². The van der Waals surface area contributed by atoms with E-state index in [0.717, 1.165) is 24.0 Å². The molecule has 0 bridgehead atoms. The summed E-state index contributed by atoms with van der Waals surface area (Å²) < 4.78 is 0. The molecule has 0 spiro atoms. The second-order valence-corrected chi connectivity index (χ2v) is 5.27. The van der Waals surface area contributed by atoms with Crippen LogP contribution in [0.15, 0.2) is 18.2 Å². The highest BCUT2D eigenvalue weighted by Crippen LogP contribution is 2.28. The Bertz CT molecular complexity index is 345. The van der Waals surface area contributed by atoms with Crippen molar-refractivity contribution < 1.29 is 0 Å². The van der Waals surface area contributed by atoms with E-state index >= 15 is 0 Å². The average Bonchev–Trinajstić information content (AvgIpc) is 2.18. The van der Waals surface area contributed by atoms with Gasteiger partial charge in [0.05, 0.1) is 0 Å². The van der Waals surface area contributed by atoms with Crippen LogP contribution in [0.1, 0.15) is 36.8 Å². The molecule has 0 unspecified atom stereocenters. The molecule has 2 heteroatoms. The number of hydrogen-bond donors (Lipinski definition) is 1. The average molecular weight is 238 g/mol. The quantitative estimate of drug-likeness (QED) is 0.766. The first-order chi connectivity index (χ1) is 7.75. The lowest BCUT2D eigenvalue weighted by Gasteiger charge is -2.25. The van der Waals surface area contributed by atoms with Crippen molar-refractivity contribution >= 4 is 11.6 Å². The monoisotopic (exact) mass is 237 g/mol. The summed E-state index contributed by atoms with van der Waals surface area (Å²) in [6.45, 7) is 4.23. The lowest BCUT2D eigenvalue weighted by molar-refractivity contribution is 0.292. The molecule has 1 aromatic rings. The van der Waals surface area contributed by atoms with Gasteiger partial charge in [-0.15, -0.1) is 0 Å². The van der Waals surface area contributed by atoms with Crippen molar-refractivity contribution in [1.29, 1.82) is 0 Å². The molecule has 0 saturated heterocycles. The summed E-state index contributed by atoms with van der Waals surface area (Å²) in [6.07, 6.45) is 5.68. The van der Waals surface area contributed by atoms with Gasteiger partial charge in [0.2, 0.25) is 0 Å². The Morgan fingerprint density at radius 1 is 1.38 bits per heavy atom. The van der Waals surface area contributed by atoms with Crippen LogP contribution >= 0.6 is 11.6 Å². The van der Waals surface area contributed by atoms with Gasteiger partial charge in [0.25, 0.3) is 0 Å². The number of rotatable bonds is 5. The van der Waals surface area contributed by atoms with Crippen LogP contribution in [0.5, 0.6) is 0 Å². The third-order valence-corrected chi connectivity index (χ3v) is 3.81. The van der Waals surface area contributed by atoms with Crippen molar-refractivity contribution in [2.45, 2.75) is 39.2 Å². The summed E-state index contributed by atoms with van der Waals surface area (Å²) in [7, 11) is 0. The smallest absolute Gasteiger partial charge is 0.0408 e. The van der Waals surface area contributed by atoms with Crippen molar-refractivity contribution in [2.75, 3.05) is 6.54 Å². The van der Waals surface area contributed by atoms with Crippen molar-refractivity contribution in [3.63, 3.8) is 0 Å². The molecular formula is C14H20ClN. The van der Waals surface area contributed by atoms with Crippen LogP contribution < -0.4 is 5.32 Å². The Hall–Kier alpha value is -0.530. The molecule has 1 saturated carbocycles. The predicted molar refractivity (Wildman–Crippen MR) is 69.9 cm³/mol. The first-order valence-corrected chi connectivity index (χ1v) is 6.59. The lowest BCUT2D eigenvalue weighted by atomic mass is 9.83. The highest BCUT2D eigenvalue weighted by Gasteiger charge is 2.16. The van der Waals surface area contributed by atoms with Crippen LogP contribution in [0.3, 0.4) is 0 Å². The minimum Gasteiger partial charge on any atom is -0.313 e. The maximum atomic E-state index is 5.93. The molecule has 1 aliphatic carbocycles. The minimum atomic E-state index is 0.829. The van der Waals surface area contributed by atoms with E-state index in [1.807, 2.05) is 12.1 Å². The van der Waals surface area contributed by atoms with E-state index in [9.17, 15) is 0 Å². The zero-order chi connectivity index (χ0) is 11.4. The molecule has 16 heavy (non-hydrogen) atoms. The summed E-state index contributed by atoms with van der Waals surface area (Å²) in [4.78, 5) is 0. The topological polar surface area (TPSA) is 12.0 Å². The van der Waals surface area contributed by atoms with Gasteiger partial charge in [-0.05, 0) is 49.1 Å². The Morgan fingerprint density at radius 3 is 2.81 bits per heavy atom. The fourth-order valence-electron chi connectivity index (χ4n) is 2.17. The molecular weight excluding hydrogens is 218 g/mol.